The molecule has 1 rings (SSSR count). The lowest BCUT2D eigenvalue weighted by Gasteiger charge is -2.41. The second-order valence-corrected chi connectivity index (χ2v) is 19.0. The lowest BCUT2D eigenvalue weighted by Crippen LogP contribution is -2.64. The number of hydrogen-bond acceptors (Lipinski definition) is 11. The number of phosphoric ester groups is 1. The normalized spacial score (nSPS) is 22.0. The molecule has 12 nitrogen and oxygen atoms in total. The maximum absolute atomic E-state index is 12.9. The van der Waals surface area contributed by atoms with Crippen LogP contribution in [-0.2, 0) is 27.9 Å². The van der Waals surface area contributed by atoms with E-state index in [-0.39, 0.29) is 13.0 Å². The Balaban J connectivity index is 2.37. The Hall–Kier alpha value is -2.48. The number of esters is 1. The van der Waals surface area contributed by atoms with Gasteiger partial charge in [0.25, 0.3) is 0 Å². The SMILES string of the molecule is CC/C=C\C/C=C\C/C=C\C/C=C\C/C=C\CCCCCCCC(=O)OC(COCCCCCCCCCC/C=C\C/C=C\CCCCCC)COP(=O)(O)OC1C(O)C(O)C(O)C(O)C1O. The third kappa shape index (κ3) is 35.3. The van der Waals surface area contributed by atoms with E-state index in [1.807, 2.05) is 0 Å². The quantitative estimate of drug-likeness (QED) is 0.0147. The number of hydrogen-bond donors (Lipinski definition) is 6. The van der Waals surface area contributed by atoms with Gasteiger partial charge in [-0.2, -0.15) is 0 Å². The molecule has 6 unspecified atom stereocenters. The minimum Gasteiger partial charge on any atom is -0.457 e. The molecule has 6 atom stereocenters. The first kappa shape index (κ1) is 62.5. The summed E-state index contributed by atoms with van der Waals surface area (Å²) in [4.78, 5) is 23.3. The summed E-state index contributed by atoms with van der Waals surface area (Å²) in [6.45, 7) is 4.10. The second-order valence-electron chi connectivity index (χ2n) is 17.6. The molecule has 1 fully saturated rings. The van der Waals surface area contributed by atoms with Gasteiger partial charge in [-0.3, -0.25) is 13.8 Å². The highest BCUT2D eigenvalue weighted by Crippen LogP contribution is 2.47. The molecule has 0 aromatic carbocycles. The van der Waals surface area contributed by atoms with Gasteiger partial charge in [-0.1, -0.05) is 176 Å². The van der Waals surface area contributed by atoms with Crippen LogP contribution in [0.2, 0.25) is 0 Å². The van der Waals surface area contributed by atoms with E-state index in [1.54, 1.807) is 0 Å². The maximum atomic E-state index is 12.9. The monoisotopic (exact) mass is 965 g/mol. The van der Waals surface area contributed by atoms with Crippen LogP contribution in [0.3, 0.4) is 0 Å². The van der Waals surface area contributed by atoms with Gasteiger partial charge < -0.3 is 39.9 Å². The summed E-state index contributed by atoms with van der Waals surface area (Å²) in [7, 11) is -5.04. The number of phosphoric acid groups is 1. The van der Waals surface area contributed by atoms with Gasteiger partial charge in [0.05, 0.1) is 13.2 Å². The van der Waals surface area contributed by atoms with Crippen molar-refractivity contribution < 1.29 is 58.3 Å². The first-order valence-corrected chi connectivity index (χ1v) is 27.4. The minimum atomic E-state index is -5.04. The van der Waals surface area contributed by atoms with Crippen molar-refractivity contribution in [3.05, 3.63) is 85.1 Å². The zero-order valence-electron chi connectivity index (χ0n) is 41.4. The Kier molecular flexibility index (Phi) is 40.6. The number of allylic oxidation sites excluding steroid dienone is 14. The minimum absolute atomic E-state index is 0.0936. The number of unbranched alkanes of at least 4 members (excludes halogenated alkanes) is 17. The van der Waals surface area contributed by atoms with E-state index in [0.717, 1.165) is 103 Å². The number of aliphatic hydroxyl groups excluding tert-OH is 5. The predicted octanol–water partition coefficient (Wildman–Crippen LogP) is 11.7. The lowest BCUT2D eigenvalue weighted by atomic mass is 9.85. The third-order valence-electron chi connectivity index (χ3n) is 11.5. The summed E-state index contributed by atoms with van der Waals surface area (Å²) in [5.41, 5.74) is 0. The van der Waals surface area contributed by atoms with Crippen LogP contribution in [0, 0.1) is 0 Å². The van der Waals surface area contributed by atoms with Crippen molar-refractivity contribution in [2.24, 2.45) is 0 Å². The van der Waals surface area contributed by atoms with E-state index in [2.05, 4.69) is 98.9 Å². The summed E-state index contributed by atoms with van der Waals surface area (Å²) in [5.74, 6) is -0.500. The summed E-state index contributed by atoms with van der Waals surface area (Å²) >= 11 is 0. The molecule has 0 amide bonds. The molecule has 0 heterocycles. The van der Waals surface area contributed by atoms with Crippen molar-refractivity contribution in [1.82, 2.24) is 0 Å². The van der Waals surface area contributed by atoms with Crippen molar-refractivity contribution in [2.75, 3.05) is 19.8 Å². The van der Waals surface area contributed by atoms with Crippen molar-refractivity contribution in [2.45, 2.75) is 230 Å². The first-order chi connectivity index (χ1) is 32.5. The molecule has 0 aliphatic heterocycles. The smallest absolute Gasteiger partial charge is 0.457 e. The fraction of sp³-hybridized carbons (Fsp3) is 0.722. The molecule has 0 radical (unpaired) electrons. The molecule has 1 saturated carbocycles. The van der Waals surface area contributed by atoms with E-state index in [1.165, 1.54) is 57.8 Å². The maximum Gasteiger partial charge on any atom is 0.472 e. The van der Waals surface area contributed by atoms with Gasteiger partial charge in [-0.05, 0) is 89.9 Å². The average Bonchev–Trinajstić information content (AvgIpc) is 3.31. The standard InChI is InChI=1S/C54H93O12P/c1-3-5-7-9-11-13-15-17-19-21-23-24-25-27-29-31-33-35-37-39-41-43-48(55)65-47(46-64-67(61,62)66-54-52(59)50(57)49(56)51(58)53(54)60)45-63-44-42-40-38-36-34-32-30-28-26-22-20-18-16-14-12-10-8-6-4-2/h5,7,11,13-14,16-17,19-20,22-24,27,29,47,49-54,56-60H,3-4,6,8-10,12,15,18,21,25-26,28,30-46H2,1-2H3,(H,61,62)/b7-5-,13-11-,16-14-,19-17-,22-20-,24-23-,29-27-. The summed E-state index contributed by atoms with van der Waals surface area (Å²) in [6, 6.07) is 0. The Labute approximate surface area is 405 Å². The van der Waals surface area contributed by atoms with Gasteiger partial charge in [0.15, 0.2) is 0 Å². The zero-order valence-corrected chi connectivity index (χ0v) is 42.3. The lowest BCUT2D eigenvalue weighted by molar-refractivity contribution is -0.220. The van der Waals surface area contributed by atoms with E-state index in [9.17, 15) is 39.8 Å². The number of carbonyl (C=O) groups is 1. The number of carbonyl (C=O) groups excluding carboxylic acids is 1. The molecule has 1 aliphatic carbocycles. The summed E-state index contributed by atoms with van der Waals surface area (Å²) in [6.07, 6.45) is 46.4. The highest BCUT2D eigenvalue weighted by molar-refractivity contribution is 7.47. The number of rotatable bonds is 43. The molecule has 1 aliphatic rings. The third-order valence-corrected chi connectivity index (χ3v) is 12.5. The van der Waals surface area contributed by atoms with Crippen LogP contribution in [-0.4, -0.2) is 98.9 Å². The van der Waals surface area contributed by atoms with E-state index < -0.39 is 63.1 Å². The van der Waals surface area contributed by atoms with Crippen molar-refractivity contribution in [3.63, 3.8) is 0 Å². The van der Waals surface area contributed by atoms with Gasteiger partial charge in [0, 0.05) is 13.0 Å². The molecule has 13 heteroatoms. The highest BCUT2D eigenvalue weighted by atomic mass is 31.2. The van der Waals surface area contributed by atoms with Gasteiger partial charge in [0.2, 0.25) is 0 Å². The number of ether oxygens (including phenoxy) is 2. The van der Waals surface area contributed by atoms with Crippen LogP contribution in [0.15, 0.2) is 85.1 Å². The molecule has 386 valence electrons. The highest BCUT2D eigenvalue weighted by Gasteiger charge is 2.51. The topological polar surface area (TPSA) is 192 Å². The fourth-order valence-electron chi connectivity index (χ4n) is 7.41. The average molecular weight is 965 g/mol. The molecule has 0 aromatic heterocycles. The Bertz CT molecular complexity index is 1420. The summed E-state index contributed by atoms with van der Waals surface area (Å²) < 4.78 is 34.3. The molecule has 0 bridgehead atoms. The molecule has 67 heavy (non-hydrogen) atoms. The zero-order chi connectivity index (χ0) is 49.1. The predicted molar refractivity (Wildman–Crippen MR) is 271 cm³/mol. The van der Waals surface area contributed by atoms with Crippen LogP contribution < -0.4 is 0 Å². The van der Waals surface area contributed by atoms with Crippen LogP contribution in [0.1, 0.15) is 187 Å². The van der Waals surface area contributed by atoms with Crippen molar-refractivity contribution in [1.29, 1.82) is 0 Å². The first-order valence-electron chi connectivity index (χ1n) is 25.9. The molecule has 6 N–H and O–H groups in total. The Morgan fingerprint density at radius 2 is 0.881 bits per heavy atom. The van der Waals surface area contributed by atoms with Gasteiger partial charge in [-0.25, -0.2) is 4.57 Å². The van der Waals surface area contributed by atoms with E-state index in [4.69, 9.17) is 18.5 Å². The van der Waals surface area contributed by atoms with Crippen LogP contribution in [0.25, 0.3) is 0 Å². The molecule has 0 aromatic rings. The van der Waals surface area contributed by atoms with Gasteiger partial charge in [0.1, 0.15) is 42.7 Å². The second kappa shape index (κ2) is 43.5. The molecule has 0 spiro atoms. The molecular weight excluding hydrogens is 872 g/mol. The van der Waals surface area contributed by atoms with Crippen molar-refractivity contribution in [3.8, 4) is 0 Å². The van der Waals surface area contributed by atoms with Crippen molar-refractivity contribution >= 4 is 13.8 Å². The fourth-order valence-corrected chi connectivity index (χ4v) is 8.38. The molecule has 0 saturated heterocycles. The van der Waals surface area contributed by atoms with Crippen LogP contribution >= 0.6 is 7.82 Å². The largest absolute Gasteiger partial charge is 0.472 e. The Morgan fingerprint density at radius 1 is 0.493 bits per heavy atom. The van der Waals surface area contributed by atoms with E-state index >= 15 is 0 Å². The number of aliphatic hydroxyl groups is 5. The van der Waals surface area contributed by atoms with Gasteiger partial charge in [-0.15, -0.1) is 0 Å². The summed E-state index contributed by atoms with van der Waals surface area (Å²) in [5, 5.41) is 50.3. The van der Waals surface area contributed by atoms with Gasteiger partial charge >= 0.3 is 13.8 Å². The van der Waals surface area contributed by atoms with Crippen LogP contribution in [0.5, 0.6) is 0 Å². The Morgan fingerprint density at radius 3 is 1.34 bits per heavy atom. The van der Waals surface area contributed by atoms with E-state index in [0.29, 0.717) is 13.0 Å². The van der Waals surface area contributed by atoms with Crippen LogP contribution in [0.4, 0.5) is 0 Å². The molecular formula is C54H93O12P.